The van der Waals surface area contributed by atoms with E-state index >= 15 is 0 Å². The van der Waals surface area contributed by atoms with Crippen LogP contribution in [0.3, 0.4) is 0 Å². The minimum atomic E-state index is 0.255. The Bertz CT molecular complexity index is 143. The third kappa shape index (κ3) is 7.30. The summed E-state index contributed by atoms with van der Waals surface area (Å²) in [6, 6.07) is 0. The minimum Gasteiger partial charge on any atom is -0.300 e. The number of Topliss-reactive ketones (excluding diaryl/α,β-unsaturated/α-hetero) is 1. The fourth-order valence-electron chi connectivity index (χ4n) is 0.176. The summed E-state index contributed by atoms with van der Waals surface area (Å²) < 4.78 is 0. The summed E-state index contributed by atoms with van der Waals surface area (Å²) in [5.41, 5.74) is 1.79. The van der Waals surface area contributed by atoms with Gasteiger partial charge in [0.05, 0.1) is 5.51 Å². The van der Waals surface area contributed by atoms with E-state index < -0.39 is 0 Å². The van der Waals surface area contributed by atoms with E-state index in [4.69, 9.17) is 0 Å². The van der Waals surface area contributed by atoms with Crippen molar-refractivity contribution in [1.29, 1.82) is 0 Å². The second-order valence-corrected chi connectivity index (χ2v) is 2.49. The van der Waals surface area contributed by atoms with Crippen LogP contribution in [0.15, 0.2) is 17.1 Å². The zero-order chi connectivity index (χ0) is 7.82. The van der Waals surface area contributed by atoms with Crippen LogP contribution in [0.4, 0.5) is 0 Å². The quantitative estimate of drug-likeness (QED) is 0.625. The Morgan fingerprint density at radius 2 is 2.30 bits per heavy atom. The fraction of sp³-hybridized carbons (Fsp3) is 0.429. The zero-order valence-corrected chi connectivity index (χ0v) is 7.02. The van der Waals surface area contributed by atoms with Gasteiger partial charge in [0, 0.05) is 18.0 Å². The number of carbonyl (C=O) groups excluding carboxylic acids is 1. The molecule has 10 heavy (non-hydrogen) atoms. The molecule has 0 radical (unpaired) electrons. The van der Waals surface area contributed by atoms with E-state index in [1.807, 2.05) is 12.3 Å². The number of aromatic nitrogens is 1. The number of carbonyl (C=O) groups is 1. The third-order valence-corrected chi connectivity index (χ3v) is 1.37. The fourth-order valence-corrected chi connectivity index (χ4v) is 0.527. The maximum Gasteiger partial charge on any atom is 0.129 e. The molecule has 0 fully saturated rings. The van der Waals surface area contributed by atoms with E-state index in [9.17, 15) is 4.79 Å². The van der Waals surface area contributed by atoms with Gasteiger partial charge in [0.2, 0.25) is 0 Å². The number of rotatable bonds is 1. The van der Waals surface area contributed by atoms with Gasteiger partial charge >= 0.3 is 0 Å². The first-order valence-corrected chi connectivity index (χ1v) is 4.03. The molecular formula is C7H11NOS. The van der Waals surface area contributed by atoms with E-state index in [1.165, 1.54) is 0 Å². The molecule has 0 saturated heterocycles. The van der Waals surface area contributed by atoms with Crippen molar-refractivity contribution >= 4 is 17.1 Å². The second-order valence-electron chi connectivity index (χ2n) is 1.73. The molecule has 0 N–H and O–H groups in total. The van der Waals surface area contributed by atoms with Crippen LogP contribution in [-0.4, -0.2) is 10.8 Å². The van der Waals surface area contributed by atoms with Gasteiger partial charge in [0.25, 0.3) is 0 Å². The molecule has 0 aromatic carbocycles. The molecule has 1 heterocycles. The Kier molecular flexibility index (Phi) is 5.97. The average molecular weight is 157 g/mol. The molecule has 0 atom stereocenters. The first-order chi connectivity index (χ1) is 4.77. The van der Waals surface area contributed by atoms with Gasteiger partial charge in [-0.15, -0.1) is 11.3 Å². The van der Waals surface area contributed by atoms with Crippen molar-refractivity contribution < 1.29 is 4.79 Å². The summed E-state index contributed by atoms with van der Waals surface area (Å²) in [4.78, 5) is 13.6. The van der Waals surface area contributed by atoms with Crippen LogP contribution in [-0.2, 0) is 4.79 Å². The number of hydrogen-bond acceptors (Lipinski definition) is 3. The highest BCUT2D eigenvalue weighted by atomic mass is 32.1. The lowest BCUT2D eigenvalue weighted by Gasteiger charge is -1.71. The van der Waals surface area contributed by atoms with Crippen molar-refractivity contribution in [3.8, 4) is 0 Å². The van der Waals surface area contributed by atoms with Gasteiger partial charge in [-0.25, -0.2) is 0 Å². The molecule has 0 aliphatic rings. The first-order valence-electron chi connectivity index (χ1n) is 3.09. The smallest absolute Gasteiger partial charge is 0.129 e. The van der Waals surface area contributed by atoms with Gasteiger partial charge in [0.15, 0.2) is 0 Å². The van der Waals surface area contributed by atoms with Crippen molar-refractivity contribution in [1.82, 2.24) is 4.98 Å². The van der Waals surface area contributed by atoms with E-state index in [0.717, 1.165) is 0 Å². The normalized spacial score (nSPS) is 7.80. The van der Waals surface area contributed by atoms with Gasteiger partial charge in [-0.05, 0) is 6.92 Å². The molecule has 56 valence electrons. The van der Waals surface area contributed by atoms with Gasteiger partial charge < -0.3 is 4.79 Å². The maximum absolute atomic E-state index is 9.81. The van der Waals surface area contributed by atoms with Gasteiger partial charge in [-0.1, -0.05) is 6.92 Å². The molecular weight excluding hydrogens is 146 g/mol. The third-order valence-electron chi connectivity index (χ3n) is 0.845. The van der Waals surface area contributed by atoms with Gasteiger partial charge in [-0.2, -0.15) is 0 Å². The highest BCUT2D eigenvalue weighted by Gasteiger charge is 1.76. The summed E-state index contributed by atoms with van der Waals surface area (Å²) in [6.07, 6.45) is 2.44. The van der Waals surface area contributed by atoms with Gasteiger partial charge in [0.1, 0.15) is 5.78 Å². The van der Waals surface area contributed by atoms with Crippen molar-refractivity contribution in [3.05, 3.63) is 17.1 Å². The highest BCUT2D eigenvalue weighted by molar-refractivity contribution is 7.07. The Labute approximate surface area is 64.9 Å². The molecule has 2 nitrogen and oxygen atoms in total. The SMILES string of the molecule is CCC(C)=O.c1cscn1. The molecule has 1 rings (SSSR count). The van der Waals surface area contributed by atoms with E-state index in [-0.39, 0.29) is 5.78 Å². The molecule has 0 aliphatic heterocycles. The summed E-state index contributed by atoms with van der Waals surface area (Å²) in [7, 11) is 0. The molecule has 3 heteroatoms. The van der Waals surface area contributed by atoms with Crippen LogP contribution < -0.4 is 0 Å². The number of nitrogens with zero attached hydrogens (tertiary/aromatic N) is 1. The highest BCUT2D eigenvalue weighted by Crippen LogP contribution is 1.85. The van der Waals surface area contributed by atoms with Crippen LogP contribution in [0.5, 0.6) is 0 Å². The van der Waals surface area contributed by atoms with E-state index in [2.05, 4.69) is 4.98 Å². The lowest BCUT2D eigenvalue weighted by molar-refractivity contribution is -0.116. The first kappa shape index (κ1) is 9.30. The summed E-state index contributed by atoms with van der Waals surface area (Å²) in [5.74, 6) is 0.255. The minimum absolute atomic E-state index is 0.255. The molecule has 0 spiro atoms. The van der Waals surface area contributed by atoms with Crippen LogP contribution in [0.1, 0.15) is 20.3 Å². The van der Waals surface area contributed by atoms with Crippen LogP contribution in [0.2, 0.25) is 0 Å². The van der Waals surface area contributed by atoms with Crippen molar-refractivity contribution in [2.45, 2.75) is 20.3 Å². The molecule has 0 aliphatic carbocycles. The second kappa shape index (κ2) is 6.42. The summed E-state index contributed by atoms with van der Waals surface area (Å²) >= 11 is 1.60. The number of ketones is 1. The lowest BCUT2D eigenvalue weighted by atomic mass is 10.4. The zero-order valence-electron chi connectivity index (χ0n) is 6.20. The number of hydrogen-bond donors (Lipinski definition) is 0. The van der Waals surface area contributed by atoms with Crippen molar-refractivity contribution in [2.75, 3.05) is 0 Å². The molecule has 1 aromatic heterocycles. The monoisotopic (exact) mass is 157 g/mol. The topological polar surface area (TPSA) is 30.0 Å². The van der Waals surface area contributed by atoms with E-state index in [1.54, 1.807) is 30.0 Å². The Balaban J connectivity index is 0.000000162. The van der Waals surface area contributed by atoms with Crippen LogP contribution >= 0.6 is 11.3 Å². The predicted octanol–water partition coefficient (Wildman–Crippen LogP) is 2.13. The average Bonchev–Trinajstić information content (AvgIpc) is 2.43. The summed E-state index contributed by atoms with van der Waals surface area (Å²) in [6.45, 7) is 3.43. The van der Waals surface area contributed by atoms with Crippen molar-refractivity contribution in [3.63, 3.8) is 0 Å². The number of thiazole rings is 1. The lowest BCUT2D eigenvalue weighted by Crippen LogP contribution is -1.80. The van der Waals surface area contributed by atoms with Gasteiger partial charge in [-0.3, -0.25) is 4.98 Å². The van der Waals surface area contributed by atoms with Crippen molar-refractivity contribution in [2.24, 2.45) is 0 Å². The Morgan fingerprint density at radius 3 is 2.40 bits per heavy atom. The Morgan fingerprint density at radius 1 is 1.70 bits per heavy atom. The van der Waals surface area contributed by atoms with Crippen LogP contribution in [0, 0.1) is 0 Å². The standard InChI is InChI=1S/C4H8O.C3H3NS/c1-3-4(2)5;1-2-5-3-4-1/h3H2,1-2H3;1-3H. The predicted molar refractivity (Wildman–Crippen MR) is 43.1 cm³/mol. The Hall–Kier alpha value is -0.700. The van der Waals surface area contributed by atoms with Crippen LogP contribution in [0.25, 0.3) is 0 Å². The molecule has 0 unspecified atom stereocenters. The maximum atomic E-state index is 9.81. The molecule has 1 aromatic rings. The molecule has 0 amide bonds. The molecule has 0 bridgehead atoms. The van der Waals surface area contributed by atoms with E-state index in [0.29, 0.717) is 6.42 Å². The molecule has 0 saturated carbocycles. The summed E-state index contributed by atoms with van der Waals surface area (Å²) in [5, 5.41) is 1.93. The largest absolute Gasteiger partial charge is 0.300 e.